The Morgan fingerprint density at radius 3 is 1.71 bits per heavy atom. The maximum atomic E-state index is 2.50. The minimum absolute atomic E-state index is 0.879. The zero-order valence-corrected chi connectivity index (χ0v) is 18.3. The number of nitrogens with zero attached hydrogens (tertiary/aromatic N) is 2. The van der Waals surface area contributed by atoms with Gasteiger partial charge in [0, 0.05) is 45.7 Å². The summed E-state index contributed by atoms with van der Waals surface area (Å²) < 4.78 is 4.94. The number of aryl methyl sites for hydroxylation is 3. The fourth-order valence-corrected chi connectivity index (χ4v) is 5.44. The highest BCUT2D eigenvalue weighted by molar-refractivity contribution is 6.18. The minimum Gasteiger partial charge on any atom is -0.341 e. The lowest BCUT2D eigenvalue weighted by atomic mass is 10.1. The molecule has 0 saturated carbocycles. The van der Waals surface area contributed by atoms with Gasteiger partial charge in [0.05, 0.1) is 11.0 Å². The summed E-state index contributed by atoms with van der Waals surface area (Å²) in [5.41, 5.74) is 9.25. The molecule has 0 radical (unpaired) electrons. The van der Waals surface area contributed by atoms with E-state index in [0.717, 1.165) is 13.1 Å². The maximum Gasteiger partial charge on any atom is 0.0515 e. The third-order valence-corrected chi connectivity index (χ3v) is 6.60. The molecule has 2 heterocycles. The van der Waals surface area contributed by atoms with E-state index in [1.165, 1.54) is 60.3 Å². The highest BCUT2D eigenvalue weighted by atomic mass is 15.0. The molecule has 6 rings (SSSR count). The first kappa shape index (κ1) is 18.3. The van der Waals surface area contributed by atoms with Gasteiger partial charge in [-0.1, -0.05) is 65.7 Å². The van der Waals surface area contributed by atoms with Gasteiger partial charge in [-0.25, -0.2) is 0 Å². The third-order valence-electron chi connectivity index (χ3n) is 6.60. The van der Waals surface area contributed by atoms with Gasteiger partial charge in [0.2, 0.25) is 0 Å². The lowest BCUT2D eigenvalue weighted by Crippen LogP contribution is -2.00. The minimum atomic E-state index is 0.879. The van der Waals surface area contributed by atoms with E-state index in [1.54, 1.807) is 0 Å². The van der Waals surface area contributed by atoms with Crippen molar-refractivity contribution in [3.05, 3.63) is 95.6 Å². The van der Waals surface area contributed by atoms with Crippen LogP contribution in [0.1, 0.15) is 23.6 Å². The monoisotopic (exact) mass is 402 g/mol. The molecule has 152 valence electrons. The summed E-state index contributed by atoms with van der Waals surface area (Å²) in [5.74, 6) is 0. The van der Waals surface area contributed by atoms with Crippen LogP contribution in [-0.2, 0) is 13.1 Å². The molecule has 6 aromatic rings. The average Bonchev–Trinajstić information content (AvgIpc) is 3.24. The fourth-order valence-electron chi connectivity index (χ4n) is 5.44. The first-order valence-corrected chi connectivity index (χ1v) is 11.1. The molecular weight excluding hydrogens is 376 g/mol. The van der Waals surface area contributed by atoms with Crippen LogP contribution in [0.4, 0.5) is 0 Å². The number of para-hydroxylation sites is 2. The summed E-state index contributed by atoms with van der Waals surface area (Å²) in [7, 11) is 0. The standard InChI is InChI=1S/C29H26N2/c1-4-30-26-11-7-5-9-22(26)24-16-25-23-10-6-8-12-27(23)31(29(25)17-28(24)30)18-21-14-19(2)13-20(3)15-21/h5-17H,4,18H2,1-3H3. The fraction of sp³-hybridized carbons (Fsp3) is 0.172. The Bertz CT molecular complexity index is 1590. The van der Waals surface area contributed by atoms with E-state index in [9.17, 15) is 0 Å². The molecule has 0 spiro atoms. The number of benzene rings is 4. The lowest BCUT2D eigenvalue weighted by Gasteiger charge is -2.10. The summed E-state index contributed by atoms with van der Waals surface area (Å²) in [6, 6.07) is 29.3. The van der Waals surface area contributed by atoms with Crippen LogP contribution in [0.2, 0.25) is 0 Å². The summed E-state index contributed by atoms with van der Waals surface area (Å²) in [5, 5.41) is 5.36. The molecule has 0 aliphatic rings. The summed E-state index contributed by atoms with van der Waals surface area (Å²) in [4.78, 5) is 0. The normalized spacial score (nSPS) is 12.0. The van der Waals surface area contributed by atoms with Crippen LogP contribution in [0.15, 0.2) is 78.9 Å². The van der Waals surface area contributed by atoms with E-state index in [0.29, 0.717) is 0 Å². The molecule has 2 heteroatoms. The van der Waals surface area contributed by atoms with Crippen molar-refractivity contribution in [2.45, 2.75) is 33.9 Å². The van der Waals surface area contributed by atoms with E-state index in [4.69, 9.17) is 0 Å². The molecular formula is C29H26N2. The Morgan fingerprint density at radius 1 is 0.548 bits per heavy atom. The van der Waals surface area contributed by atoms with Crippen LogP contribution in [-0.4, -0.2) is 9.13 Å². The van der Waals surface area contributed by atoms with Gasteiger partial charge in [-0.15, -0.1) is 0 Å². The second kappa shape index (κ2) is 6.75. The van der Waals surface area contributed by atoms with Crippen LogP contribution < -0.4 is 0 Å². The van der Waals surface area contributed by atoms with Gasteiger partial charge in [0.1, 0.15) is 0 Å². The second-order valence-corrected chi connectivity index (χ2v) is 8.75. The van der Waals surface area contributed by atoms with E-state index >= 15 is 0 Å². The molecule has 0 atom stereocenters. The number of hydrogen-bond acceptors (Lipinski definition) is 0. The van der Waals surface area contributed by atoms with E-state index in [2.05, 4.69) is 109 Å². The van der Waals surface area contributed by atoms with Gasteiger partial charge in [-0.3, -0.25) is 0 Å². The molecule has 4 aromatic carbocycles. The van der Waals surface area contributed by atoms with Gasteiger partial charge >= 0.3 is 0 Å². The van der Waals surface area contributed by atoms with E-state index < -0.39 is 0 Å². The Hall–Kier alpha value is -3.52. The van der Waals surface area contributed by atoms with Crippen molar-refractivity contribution in [1.82, 2.24) is 9.13 Å². The zero-order valence-electron chi connectivity index (χ0n) is 18.3. The van der Waals surface area contributed by atoms with E-state index in [1.807, 2.05) is 0 Å². The van der Waals surface area contributed by atoms with Crippen LogP contribution in [0, 0.1) is 13.8 Å². The predicted octanol–water partition coefficient (Wildman–Crippen LogP) is 7.59. The molecule has 0 N–H and O–H groups in total. The molecule has 0 bridgehead atoms. The summed E-state index contributed by atoms with van der Waals surface area (Å²) in [6.07, 6.45) is 0. The Labute approximate surface area is 182 Å². The molecule has 2 aromatic heterocycles. The van der Waals surface area contributed by atoms with Crippen LogP contribution in [0.5, 0.6) is 0 Å². The first-order chi connectivity index (χ1) is 15.1. The molecule has 2 nitrogen and oxygen atoms in total. The number of fused-ring (bicyclic) bond motifs is 6. The molecule has 0 aliphatic carbocycles. The van der Waals surface area contributed by atoms with Crippen molar-refractivity contribution in [2.75, 3.05) is 0 Å². The SMILES string of the molecule is CCn1c2ccccc2c2cc3c4ccccc4n(Cc4cc(C)cc(C)c4)c3cc21. The lowest BCUT2D eigenvalue weighted by molar-refractivity contribution is 0.826. The van der Waals surface area contributed by atoms with Crippen molar-refractivity contribution in [3.8, 4) is 0 Å². The maximum absolute atomic E-state index is 2.50. The highest BCUT2D eigenvalue weighted by Crippen LogP contribution is 2.37. The van der Waals surface area contributed by atoms with E-state index in [-0.39, 0.29) is 0 Å². The van der Waals surface area contributed by atoms with Gasteiger partial charge in [0.25, 0.3) is 0 Å². The van der Waals surface area contributed by atoms with Gasteiger partial charge in [0.15, 0.2) is 0 Å². The van der Waals surface area contributed by atoms with Crippen molar-refractivity contribution >= 4 is 43.6 Å². The van der Waals surface area contributed by atoms with Crippen LogP contribution in [0.3, 0.4) is 0 Å². The van der Waals surface area contributed by atoms with Crippen LogP contribution in [0.25, 0.3) is 43.6 Å². The van der Waals surface area contributed by atoms with Gasteiger partial charge in [-0.05, 0) is 50.6 Å². The molecule has 0 fully saturated rings. The number of aromatic nitrogens is 2. The summed E-state index contributed by atoms with van der Waals surface area (Å²) >= 11 is 0. The quantitative estimate of drug-likeness (QED) is 0.289. The predicted molar refractivity (Wildman–Crippen MR) is 133 cm³/mol. The second-order valence-electron chi connectivity index (χ2n) is 8.75. The van der Waals surface area contributed by atoms with Crippen LogP contribution >= 0.6 is 0 Å². The first-order valence-electron chi connectivity index (χ1n) is 11.1. The van der Waals surface area contributed by atoms with Crippen molar-refractivity contribution in [1.29, 1.82) is 0 Å². The molecule has 0 aliphatic heterocycles. The average molecular weight is 403 g/mol. The summed E-state index contributed by atoms with van der Waals surface area (Å²) in [6.45, 7) is 8.45. The largest absolute Gasteiger partial charge is 0.341 e. The third kappa shape index (κ3) is 2.71. The molecule has 0 unspecified atom stereocenters. The van der Waals surface area contributed by atoms with Crippen molar-refractivity contribution < 1.29 is 0 Å². The number of hydrogen-bond donors (Lipinski definition) is 0. The Kier molecular flexibility index (Phi) is 3.97. The zero-order chi connectivity index (χ0) is 21.1. The topological polar surface area (TPSA) is 9.86 Å². The molecule has 0 saturated heterocycles. The smallest absolute Gasteiger partial charge is 0.0515 e. The van der Waals surface area contributed by atoms with Gasteiger partial charge in [-0.2, -0.15) is 0 Å². The van der Waals surface area contributed by atoms with Crippen molar-refractivity contribution in [2.24, 2.45) is 0 Å². The van der Waals surface area contributed by atoms with Gasteiger partial charge < -0.3 is 9.13 Å². The molecule has 31 heavy (non-hydrogen) atoms. The molecule has 0 amide bonds. The highest BCUT2D eigenvalue weighted by Gasteiger charge is 2.16. The van der Waals surface area contributed by atoms with Crippen molar-refractivity contribution in [3.63, 3.8) is 0 Å². The Morgan fingerprint density at radius 2 is 1.10 bits per heavy atom. The Balaban J connectivity index is 1.71. The number of rotatable bonds is 3.